The van der Waals surface area contributed by atoms with E-state index in [1.807, 2.05) is 41.9 Å². The lowest BCUT2D eigenvalue weighted by Gasteiger charge is -2.38. The van der Waals surface area contributed by atoms with E-state index in [4.69, 9.17) is 4.74 Å². The fourth-order valence-electron chi connectivity index (χ4n) is 4.06. The molecule has 0 spiro atoms. The van der Waals surface area contributed by atoms with Gasteiger partial charge in [0.25, 0.3) is 10.2 Å². The van der Waals surface area contributed by atoms with Crippen molar-refractivity contribution in [3.8, 4) is 11.4 Å². The molecule has 0 saturated carbocycles. The van der Waals surface area contributed by atoms with Crippen molar-refractivity contribution in [1.29, 1.82) is 0 Å². The lowest BCUT2D eigenvalue weighted by molar-refractivity contribution is 0.118. The van der Waals surface area contributed by atoms with Crippen LogP contribution in [-0.4, -0.2) is 65.1 Å². The molecule has 1 atom stereocenters. The molecule has 0 radical (unpaired) electrons. The van der Waals surface area contributed by atoms with Gasteiger partial charge in [0.05, 0.1) is 12.6 Å². The molecule has 152 valence electrons. The number of fused-ring (bicyclic) bond motifs is 1. The summed E-state index contributed by atoms with van der Waals surface area (Å²) in [4.78, 5) is 4.66. The maximum Gasteiger partial charge on any atom is 0.282 e. The second-order valence-corrected chi connectivity index (χ2v) is 9.36. The lowest BCUT2D eigenvalue weighted by atomic mass is 9.99. The molecule has 0 bridgehead atoms. The molecule has 2 aliphatic heterocycles. The van der Waals surface area contributed by atoms with Crippen LogP contribution in [0.1, 0.15) is 31.6 Å². The molecule has 0 amide bonds. The van der Waals surface area contributed by atoms with Gasteiger partial charge in [0.2, 0.25) is 0 Å². The third-order valence-electron chi connectivity index (χ3n) is 5.67. The number of benzene rings is 1. The Kier molecular flexibility index (Phi) is 5.50. The first-order valence-corrected chi connectivity index (χ1v) is 11.2. The summed E-state index contributed by atoms with van der Waals surface area (Å²) >= 11 is 0. The van der Waals surface area contributed by atoms with E-state index in [0.29, 0.717) is 50.4 Å². The number of ether oxygens (including phenoxy) is 1. The molecule has 9 heteroatoms. The van der Waals surface area contributed by atoms with E-state index in [1.54, 1.807) is 15.7 Å². The lowest BCUT2D eigenvalue weighted by Crippen LogP contribution is -2.51. The zero-order valence-electron chi connectivity index (χ0n) is 16.4. The van der Waals surface area contributed by atoms with Crippen LogP contribution < -0.4 is 0 Å². The second kappa shape index (κ2) is 7.90. The van der Waals surface area contributed by atoms with Gasteiger partial charge in [0.15, 0.2) is 5.82 Å². The van der Waals surface area contributed by atoms with Crippen molar-refractivity contribution in [2.75, 3.05) is 33.4 Å². The number of rotatable bonds is 5. The highest BCUT2D eigenvalue weighted by atomic mass is 32.2. The van der Waals surface area contributed by atoms with Crippen LogP contribution in [0.4, 0.5) is 0 Å². The topological polar surface area (TPSA) is 80.6 Å². The summed E-state index contributed by atoms with van der Waals surface area (Å²) in [6.07, 6.45) is 1.67. The molecule has 0 unspecified atom stereocenters. The van der Waals surface area contributed by atoms with Crippen molar-refractivity contribution >= 4 is 10.2 Å². The molecule has 1 aromatic carbocycles. The summed E-state index contributed by atoms with van der Waals surface area (Å²) in [6, 6.07) is 9.42. The number of piperidine rings is 1. The predicted octanol–water partition coefficient (Wildman–Crippen LogP) is 1.92. The Morgan fingerprint density at radius 1 is 1.11 bits per heavy atom. The third kappa shape index (κ3) is 3.59. The van der Waals surface area contributed by atoms with E-state index in [-0.39, 0.29) is 6.04 Å². The Morgan fingerprint density at radius 2 is 1.82 bits per heavy atom. The van der Waals surface area contributed by atoms with E-state index < -0.39 is 10.2 Å². The molecule has 28 heavy (non-hydrogen) atoms. The molecule has 0 N–H and O–H groups in total. The molecule has 8 nitrogen and oxygen atoms in total. The summed E-state index contributed by atoms with van der Waals surface area (Å²) in [7, 11) is -1.83. The molecule has 3 heterocycles. The molecular weight excluding hydrogens is 378 g/mol. The summed E-state index contributed by atoms with van der Waals surface area (Å²) in [6.45, 7) is 4.59. The molecule has 2 aromatic rings. The van der Waals surface area contributed by atoms with Gasteiger partial charge in [-0.2, -0.15) is 22.1 Å². The Morgan fingerprint density at radius 3 is 2.50 bits per heavy atom. The van der Waals surface area contributed by atoms with Crippen molar-refractivity contribution in [3.63, 3.8) is 0 Å². The highest BCUT2D eigenvalue weighted by Gasteiger charge is 2.39. The predicted molar refractivity (Wildman–Crippen MR) is 106 cm³/mol. The zero-order valence-corrected chi connectivity index (χ0v) is 17.2. The first kappa shape index (κ1) is 19.5. The van der Waals surface area contributed by atoms with Crippen LogP contribution in [-0.2, 0) is 21.5 Å². The van der Waals surface area contributed by atoms with E-state index in [1.165, 1.54) is 0 Å². The Labute approximate surface area is 166 Å². The Bertz CT molecular complexity index is 907. The Balaban J connectivity index is 1.52. The van der Waals surface area contributed by atoms with Gasteiger partial charge >= 0.3 is 0 Å². The third-order valence-corrected chi connectivity index (χ3v) is 7.78. The number of methoxy groups -OCH3 is 1. The largest absolute Gasteiger partial charge is 0.384 e. The monoisotopic (exact) mass is 405 g/mol. The van der Waals surface area contributed by atoms with E-state index in [0.717, 1.165) is 18.4 Å². The number of aromatic nitrogens is 3. The minimum absolute atomic E-state index is 0.347. The highest BCUT2D eigenvalue weighted by Crippen LogP contribution is 2.31. The van der Waals surface area contributed by atoms with Gasteiger partial charge in [-0.05, 0) is 25.7 Å². The maximum atomic E-state index is 13.3. The van der Waals surface area contributed by atoms with Crippen LogP contribution in [0.15, 0.2) is 30.3 Å². The van der Waals surface area contributed by atoms with Gasteiger partial charge in [-0.1, -0.05) is 30.3 Å². The molecule has 0 aliphatic carbocycles. The van der Waals surface area contributed by atoms with Gasteiger partial charge in [0, 0.05) is 38.9 Å². The minimum Gasteiger partial charge on any atom is -0.384 e. The van der Waals surface area contributed by atoms with Crippen LogP contribution in [0.2, 0.25) is 0 Å². The van der Waals surface area contributed by atoms with Gasteiger partial charge in [-0.25, -0.2) is 9.67 Å². The molecule has 2 aliphatic rings. The standard InChI is InChI=1S/C19H27N5O3S/c1-15-19-20-18(17-6-4-3-5-7-17)21-23(19)12-13-24(15)28(25,26)22-10-8-16(9-11-22)14-27-2/h3-7,15-16H,8-14H2,1-2H3/t15-/m0/s1. The summed E-state index contributed by atoms with van der Waals surface area (Å²) < 4.78 is 36.8. The number of hydrogen-bond acceptors (Lipinski definition) is 5. The van der Waals surface area contributed by atoms with Crippen LogP contribution in [0.25, 0.3) is 11.4 Å². The molecular formula is C19H27N5O3S. The zero-order chi connectivity index (χ0) is 19.7. The van der Waals surface area contributed by atoms with Crippen LogP contribution in [0.3, 0.4) is 0 Å². The van der Waals surface area contributed by atoms with E-state index in [2.05, 4.69) is 10.1 Å². The summed E-state index contributed by atoms with van der Waals surface area (Å²) in [5, 5.41) is 4.59. The van der Waals surface area contributed by atoms with Crippen molar-refractivity contribution < 1.29 is 13.2 Å². The van der Waals surface area contributed by atoms with E-state index >= 15 is 0 Å². The van der Waals surface area contributed by atoms with Gasteiger partial charge in [-0.3, -0.25) is 0 Å². The quantitative estimate of drug-likeness (QED) is 0.759. The fourth-order valence-corrected chi connectivity index (χ4v) is 5.83. The average Bonchev–Trinajstić information content (AvgIpc) is 3.15. The van der Waals surface area contributed by atoms with Crippen molar-refractivity contribution in [1.82, 2.24) is 23.4 Å². The summed E-state index contributed by atoms with van der Waals surface area (Å²) in [5.74, 6) is 1.77. The second-order valence-electron chi connectivity index (χ2n) is 7.48. The normalized spacial score (nSPS) is 22.3. The average molecular weight is 406 g/mol. The van der Waals surface area contributed by atoms with Crippen molar-refractivity contribution in [2.24, 2.45) is 5.92 Å². The van der Waals surface area contributed by atoms with E-state index in [9.17, 15) is 8.42 Å². The van der Waals surface area contributed by atoms with Gasteiger partial charge in [0.1, 0.15) is 5.82 Å². The molecule has 1 aromatic heterocycles. The fraction of sp³-hybridized carbons (Fsp3) is 0.579. The molecule has 4 rings (SSSR count). The van der Waals surface area contributed by atoms with Gasteiger partial charge < -0.3 is 4.74 Å². The van der Waals surface area contributed by atoms with Crippen molar-refractivity contribution in [2.45, 2.75) is 32.4 Å². The highest BCUT2D eigenvalue weighted by molar-refractivity contribution is 7.86. The SMILES string of the molecule is COCC1CCN(S(=O)(=O)N2CCn3nc(-c4ccccc4)nc3[C@@H]2C)CC1. The van der Waals surface area contributed by atoms with Crippen LogP contribution in [0.5, 0.6) is 0 Å². The van der Waals surface area contributed by atoms with Gasteiger partial charge in [-0.15, -0.1) is 0 Å². The van der Waals surface area contributed by atoms with Crippen molar-refractivity contribution in [3.05, 3.63) is 36.2 Å². The molecule has 1 fully saturated rings. The molecule has 1 saturated heterocycles. The number of hydrogen-bond donors (Lipinski definition) is 0. The maximum absolute atomic E-state index is 13.3. The summed E-state index contributed by atoms with van der Waals surface area (Å²) in [5.41, 5.74) is 0.936. The number of nitrogens with zero attached hydrogens (tertiary/aromatic N) is 5. The first-order valence-electron chi connectivity index (χ1n) is 9.76. The first-order chi connectivity index (χ1) is 13.5. The Hall–Kier alpha value is -1.81. The van der Waals surface area contributed by atoms with Crippen LogP contribution >= 0.6 is 0 Å². The minimum atomic E-state index is -3.53. The smallest absolute Gasteiger partial charge is 0.282 e. The van der Waals surface area contributed by atoms with Crippen LogP contribution in [0, 0.1) is 5.92 Å².